The Morgan fingerprint density at radius 2 is 1.59 bits per heavy atom. The Hall–Kier alpha value is -3.90. The number of fused-ring (bicyclic) bond motifs is 1. The highest BCUT2D eigenvalue weighted by atomic mass is 16.2. The number of carbonyl (C=O) groups is 6. The minimum absolute atomic E-state index is 0.0132. The van der Waals surface area contributed by atoms with Gasteiger partial charge in [0.15, 0.2) is 0 Å². The van der Waals surface area contributed by atoms with Crippen LogP contribution in [0, 0.1) is 17.8 Å². The fourth-order valence-electron chi connectivity index (χ4n) is 6.56. The van der Waals surface area contributed by atoms with Crippen molar-refractivity contribution in [1.82, 2.24) is 36.1 Å². The van der Waals surface area contributed by atoms with Gasteiger partial charge >= 0.3 is 0 Å². The van der Waals surface area contributed by atoms with Crippen molar-refractivity contribution in [2.75, 3.05) is 0 Å². The summed E-state index contributed by atoms with van der Waals surface area (Å²) in [6.45, 7) is 9.10. The normalized spacial score (nSPS) is 22.8. The van der Waals surface area contributed by atoms with Crippen LogP contribution in [0.15, 0.2) is 18.6 Å². The van der Waals surface area contributed by atoms with E-state index in [2.05, 4.69) is 31.2 Å². The highest BCUT2D eigenvalue weighted by molar-refractivity contribution is 6.38. The fraction of sp³-hybridized carbons (Fsp3) is 0.697. The van der Waals surface area contributed by atoms with Gasteiger partial charge in [0.05, 0.1) is 12.2 Å². The molecule has 2 heterocycles. The quantitative estimate of drug-likeness (QED) is 0.222. The number of carbonyl (C=O) groups excluding carboxylic acids is 6. The topological polar surface area (TPSA) is 180 Å². The van der Waals surface area contributed by atoms with Gasteiger partial charge in [-0.2, -0.15) is 0 Å². The van der Waals surface area contributed by atoms with Crippen molar-refractivity contribution >= 4 is 35.3 Å². The molecule has 13 heteroatoms. The van der Waals surface area contributed by atoms with E-state index in [9.17, 15) is 28.8 Å². The molecule has 1 aliphatic heterocycles. The number of rotatable bonds is 14. The number of aromatic nitrogens is 2. The maximum Gasteiger partial charge on any atom is 0.289 e. The highest BCUT2D eigenvalue weighted by Crippen LogP contribution is 2.40. The second kappa shape index (κ2) is 15.6. The van der Waals surface area contributed by atoms with Crippen molar-refractivity contribution in [2.24, 2.45) is 17.8 Å². The van der Waals surface area contributed by atoms with Crippen LogP contribution in [-0.2, 0) is 24.0 Å². The van der Waals surface area contributed by atoms with Gasteiger partial charge < -0.3 is 26.2 Å². The molecule has 0 aromatic carbocycles. The highest BCUT2D eigenvalue weighted by Gasteiger charge is 2.50. The van der Waals surface area contributed by atoms with E-state index < -0.39 is 53.6 Å². The predicted molar refractivity (Wildman–Crippen MR) is 169 cm³/mol. The van der Waals surface area contributed by atoms with Gasteiger partial charge in [-0.05, 0) is 56.3 Å². The number of ketones is 1. The third-order valence-electron chi connectivity index (χ3n) is 9.25. The van der Waals surface area contributed by atoms with E-state index >= 15 is 0 Å². The number of hydrogen-bond acceptors (Lipinski definition) is 8. The molecule has 1 aromatic rings. The zero-order chi connectivity index (χ0) is 33.5. The zero-order valence-electron chi connectivity index (χ0n) is 27.6. The van der Waals surface area contributed by atoms with Crippen LogP contribution in [0.1, 0.15) is 103 Å². The summed E-state index contributed by atoms with van der Waals surface area (Å²) < 4.78 is 0. The first-order chi connectivity index (χ1) is 21.9. The van der Waals surface area contributed by atoms with E-state index in [1.807, 2.05) is 20.8 Å². The van der Waals surface area contributed by atoms with Crippen LogP contribution in [0.2, 0.25) is 0 Å². The first-order valence-electron chi connectivity index (χ1n) is 16.8. The van der Waals surface area contributed by atoms with Crippen LogP contribution >= 0.6 is 0 Å². The average molecular weight is 640 g/mol. The molecular weight excluding hydrogens is 590 g/mol. The summed E-state index contributed by atoms with van der Waals surface area (Å²) in [5, 5.41) is 11.1. The van der Waals surface area contributed by atoms with Crippen molar-refractivity contribution in [3.63, 3.8) is 0 Å². The Bertz CT molecular complexity index is 1280. The summed E-state index contributed by atoms with van der Waals surface area (Å²) >= 11 is 0. The van der Waals surface area contributed by atoms with E-state index in [1.165, 1.54) is 18.6 Å². The molecule has 13 nitrogen and oxygen atoms in total. The van der Waals surface area contributed by atoms with Gasteiger partial charge in [0.2, 0.25) is 23.5 Å². The molecule has 6 atom stereocenters. The van der Waals surface area contributed by atoms with Crippen molar-refractivity contribution in [2.45, 2.75) is 129 Å². The van der Waals surface area contributed by atoms with Gasteiger partial charge in [-0.15, -0.1) is 0 Å². The minimum Gasteiger partial charge on any atom is -0.347 e. The van der Waals surface area contributed by atoms with Gasteiger partial charge in [-0.3, -0.25) is 33.8 Å². The van der Waals surface area contributed by atoms with Gasteiger partial charge in [0.1, 0.15) is 23.8 Å². The van der Waals surface area contributed by atoms with Gasteiger partial charge in [-0.1, -0.05) is 53.9 Å². The van der Waals surface area contributed by atoms with Crippen LogP contribution in [0.3, 0.4) is 0 Å². The minimum atomic E-state index is -0.985. The van der Waals surface area contributed by atoms with Crippen molar-refractivity contribution in [1.29, 1.82) is 0 Å². The van der Waals surface area contributed by atoms with E-state index in [1.54, 1.807) is 18.7 Å². The maximum absolute atomic E-state index is 14.4. The van der Waals surface area contributed by atoms with Crippen LogP contribution in [0.4, 0.5) is 0 Å². The molecule has 1 saturated heterocycles. The third kappa shape index (κ3) is 8.47. The lowest BCUT2D eigenvalue weighted by atomic mass is 9.84. The van der Waals surface area contributed by atoms with E-state index in [0.717, 1.165) is 38.5 Å². The standard InChI is InChI=1S/C33H49N7O6/c1-6-9-22(28(41)32(45)36-21-12-13-21)37-30(43)25-16-20-10-7-8-11-24(20)40(25)33(46)27(19(4)5)39-31(44)26(18(2)3)38-29(42)23-17-34-14-15-35-23/h14-15,17-22,24-27H,6-13,16H2,1-5H3,(H,36,45)(H,37,43)(H,38,42)(H,39,44)/t20?,22?,24?,25-,26-,27-/m0/s1. The molecule has 2 saturated carbocycles. The van der Waals surface area contributed by atoms with Gasteiger partial charge in [0.25, 0.3) is 11.8 Å². The van der Waals surface area contributed by atoms with Crippen molar-refractivity contribution in [3.05, 3.63) is 24.3 Å². The summed E-state index contributed by atoms with van der Waals surface area (Å²) in [7, 11) is 0. The SMILES string of the molecule is CCCC(NC(=O)[C@@H]1CC2CCCCC2N1C(=O)[C@@H](NC(=O)[C@@H](NC(=O)c1cnccn1)C(C)C)C(C)C)C(=O)C(=O)NC1CC1. The number of nitrogens with one attached hydrogen (secondary N) is 4. The zero-order valence-corrected chi connectivity index (χ0v) is 27.6. The fourth-order valence-corrected chi connectivity index (χ4v) is 6.56. The largest absolute Gasteiger partial charge is 0.347 e. The summed E-state index contributed by atoms with van der Waals surface area (Å²) in [6.07, 6.45) is 10.7. The number of Topliss-reactive ketones (excluding diaryl/α,β-unsaturated/α-hetero) is 1. The van der Waals surface area contributed by atoms with Crippen LogP contribution in [0.25, 0.3) is 0 Å². The Morgan fingerprint density at radius 3 is 2.20 bits per heavy atom. The summed E-state index contributed by atoms with van der Waals surface area (Å²) in [5.41, 5.74) is 0.0663. The number of likely N-dealkylation sites (tertiary alicyclic amines) is 1. The van der Waals surface area contributed by atoms with Crippen molar-refractivity contribution < 1.29 is 28.8 Å². The molecule has 0 bridgehead atoms. The predicted octanol–water partition coefficient (Wildman–Crippen LogP) is 1.66. The number of nitrogens with zero attached hydrogens (tertiary/aromatic N) is 3. The van der Waals surface area contributed by atoms with Gasteiger partial charge in [-0.25, -0.2) is 4.98 Å². The van der Waals surface area contributed by atoms with Crippen LogP contribution in [0.5, 0.6) is 0 Å². The first kappa shape index (κ1) is 35.0. The molecule has 5 amide bonds. The van der Waals surface area contributed by atoms with E-state index in [4.69, 9.17) is 0 Å². The Morgan fingerprint density at radius 1 is 0.891 bits per heavy atom. The molecule has 1 aromatic heterocycles. The molecule has 0 spiro atoms. The van der Waals surface area contributed by atoms with Crippen LogP contribution in [-0.4, -0.2) is 86.4 Å². The molecule has 252 valence electrons. The molecule has 3 fully saturated rings. The maximum atomic E-state index is 14.4. The second-order valence-corrected chi connectivity index (χ2v) is 13.6. The summed E-state index contributed by atoms with van der Waals surface area (Å²) in [5.74, 6) is -3.79. The first-order valence-corrected chi connectivity index (χ1v) is 16.8. The molecule has 4 N–H and O–H groups in total. The molecular formula is C33H49N7O6. The third-order valence-corrected chi connectivity index (χ3v) is 9.25. The summed E-state index contributed by atoms with van der Waals surface area (Å²) in [6, 6.07) is -3.90. The summed E-state index contributed by atoms with van der Waals surface area (Å²) in [4.78, 5) is 89.9. The van der Waals surface area contributed by atoms with Crippen molar-refractivity contribution in [3.8, 4) is 0 Å². The molecule has 3 unspecified atom stereocenters. The Balaban J connectivity index is 1.52. The second-order valence-electron chi connectivity index (χ2n) is 13.6. The smallest absolute Gasteiger partial charge is 0.289 e. The van der Waals surface area contributed by atoms with E-state index in [0.29, 0.717) is 19.3 Å². The Kier molecular flexibility index (Phi) is 11.9. The molecule has 4 rings (SSSR count). The monoisotopic (exact) mass is 639 g/mol. The number of amides is 5. The average Bonchev–Trinajstić information content (AvgIpc) is 3.77. The Labute approximate surface area is 270 Å². The van der Waals surface area contributed by atoms with E-state index in [-0.39, 0.29) is 41.4 Å². The molecule has 2 aliphatic carbocycles. The molecule has 3 aliphatic rings. The lowest BCUT2D eigenvalue weighted by Crippen LogP contribution is -2.61. The molecule has 46 heavy (non-hydrogen) atoms. The van der Waals surface area contributed by atoms with Gasteiger partial charge in [0, 0.05) is 24.5 Å². The lowest BCUT2D eigenvalue weighted by molar-refractivity contribution is -0.146. The number of hydrogen-bond donors (Lipinski definition) is 4. The van der Waals surface area contributed by atoms with Crippen LogP contribution < -0.4 is 21.3 Å². The molecule has 0 radical (unpaired) electrons. The lowest BCUT2D eigenvalue weighted by Gasteiger charge is -2.37.